The number of aromatic nitrogens is 1. The Kier molecular flexibility index (Phi) is 2.16. The first-order chi connectivity index (χ1) is 6.83. The highest BCUT2D eigenvalue weighted by molar-refractivity contribution is 5.85. The second-order valence-electron chi connectivity index (χ2n) is 3.30. The Balaban J connectivity index is 2.72. The molecule has 0 aliphatic heterocycles. The van der Waals surface area contributed by atoms with Gasteiger partial charge in [-0.2, -0.15) is 5.26 Å². The average molecular weight is 182 g/mol. The van der Waals surface area contributed by atoms with Crippen LogP contribution in [0.3, 0.4) is 0 Å². The fourth-order valence-electron chi connectivity index (χ4n) is 1.55. The van der Waals surface area contributed by atoms with Gasteiger partial charge in [0.15, 0.2) is 0 Å². The summed E-state index contributed by atoms with van der Waals surface area (Å²) in [4.78, 5) is 4.13. The normalized spacial score (nSPS) is 12.3. The van der Waals surface area contributed by atoms with E-state index in [-0.39, 0.29) is 5.92 Å². The summed E-state index contributed by atoms with van der Waals surface area (Å²) in [6, 6.07) is 10.2. The predicted molar refractivity (Wildman–Crippen MR) is 55.8 cm³/mol. The van der Waals surface area contributed by atoms with E-state index in [4.69, 9.17) is 5.26 Å². The highest BCUT2D eigenvalue weighted by atomic mass is 14.6. The van der Waals surface area contributed by atoms with Gasteiger partial charge in [0.25, 0.3) is 0 Å². The fraction of sp³-hybridized carbons (Fsp3) is 0.167. The van der Waals surface area contributed by atoms with Gasteiger partial charge < -0.3 is 0 Å². The molecule has 0 fully saturated rings. The first kappa shape index (κ1) is 8.71. The third-order valence-corrected chi connectivity index (χ3v) is 2.36. The molecule has 0 radical (unpaired) electrons. The lowest BCUT2D eigenvalue weighted by Crippen LogP contribution is -1.92. The van der Waals surface area contributed by atoms with Crippen LogP contribution < -0.4 is 0 Å². The Morgan fingerprint density at radius 3 is 2.86 bits per heavy atom. The molecule has 0 saturated heterocycles. The van der Waals surface area contributed by atoms with Crippen molar-refractivity contribution < 1.29 is 0 Å². The number of hydrogen-bond donors (Lipinski definition) is 0. The fourth-order valence-corrected chi connectivity index (χ4v) is 1.55. The van der Waals surface area contributed by atoms with Gasteiger partial charge in [0, 0.05) is 17.8 Å². The average Bonchev–Trinajstić information content (AvgIpc) is 2.27. The van der Waals surface area contributed by atoms with Gasteiger partial charge in [-0.25, -0.2) is 0 Å². The van der Waals surface area contributed by atoms with Crippen molar-refractivity contribution >= 4 is 10.8 Å². The summed E-state index contributed by atoms with van der Waals surface area (Å²) in [6.07, 6.45) is 3.60. The molecule has 1 atom stereocenters. The quantitative estimate of drug-likeness (QED) is 0.680. The number of nitriles is 1. The number of rotatable bonds is 1. The number of benzene rings is 1. The summed E-state index contributed by atoms with van der Waals surface area (Å²) in [5, 5.41) is 11.1. The van der Waals surface area contributed by atoms with Crippen LogP contribution in [0.5, 0.6) is 0 Å². The van der Waals surface area contributed by atoms with E-state index in [0.29, 0.717) is 0 Å². The summed E-state index contributed by atoms with van der Waals surface area (Å²) >= 11 is 0. The van der Waals surface area contributed by atoms with Crippen molar-refractivity contribution in [3.05, 3.63) is 42.2 Å². The molecule has 2 aromatic rings. The zero-order valence-electron chi connectivity index (χ0n) is 7.94. The number of pyridine rings is 1. The molecule has 2 heteroatoms. The molecule has 2 nitrogen and oxygen atoms in total. The maximum absolute atomic E-state index is 8.87. The lowest BCUT2D eigenvalue weighted by atomic mass is 9.99. The Morgan fingerprint density at radius 2 is 2.07 bits per heavy atom. The van der Waals surface area contributed by atoms with Crippen LogP contribution >= 0.6 is 0 Å². The van der Waals surface area contributed by atoms with Crippen molar-refractivity contribution in [3.63, 3.8) is 0 Å². The Labute approximate surface area is 82.8 Å². The van der Waals surface area contributed by atoms with Crippen LogP contribution in [0.1, 0.15) is 18.4 Å². The topological polar surface area (TPSA) is 36.7 Å². The molecule has 1 aromatic carbocycles. The second kappa shape index (κ2) is 3.47. The van der Waals surface area contributed by atoms with Crippen LogP contribution in [0.4, 0.5) is 0 Å². The van der Waals surface area contributed by atoms with E-state index in [0.717, 1.165) is 16.3 Å². The third kappa shape index (κ3) is 1.33. The molecule has 0 amide bonds. The zero-order valence-corrected chi connectivity index (χ0v) is 7.94. The molecular formula is C12H10N2. The molecule has 0 N–H and O–H groups in total. The number of nitrogens with zero attached hydrogens (tertiary/aromatic N) is 2. The maximum Gasteiger partial charge on any atom is 0.0705 e. The molecule has 1 aromatic heterocycles. The first-order valence-electron chi connectivity index (χ1n) is 4.55. The SMILES string of the molecule is CC(C#N)c1cncc2ccccc12. The van der Waals surface area contributed by atoms with Gasteiger partial charge in [-0.3, -0.25) is 4.98 Å². The van der Waals surface area contributed by atoms with Crippen molar-refractivity contribution in [2.75, 3.05) is 0 Å². The molecular weight excluding hydrogens is 172 g/mol. The minimum Gasteiger partial charge on any atom is -0.264 e. The van der Waals surface area contributed by atoms with Crippen LogP contribution in [-0.2, 0) is 0 Å². The minimum atomic E-state index is -0.103. The second-order valence-corrected chi connectivity index (χ2v) is 3.30. The molecule has 0 spiro atoms. The van der Waals surface area contributed by atoms with Gasteiger partial charge in [-0.15, -0.1) is 0 Å². The Morgan fingerprint density at radius 1 is 1.29 bits per heavy atom. The number of hydrogen-bond acceptors (Lipinski definition) is 2. The van der Waals surface area contributed by atoms with Gasteiger partial charge >= 0.3 is 0 Å². The molecule has 0 saturated carbocycles. The molecule has 0 aliphatic rings. The van der Waals surface area contributed by atoms with Gasteiger partial charge in [0.2, 0.25) is 0 Å². The van der Waals surface area contributed by atoms with E-state index in [1.165, 1.54) is 0 Å². The highest BCUT2D eigenvalue weighted by Gasteiger charge is 2.07. The zero-order chi connectivity index (χ0) is 9.97. The predicted octanol–water partition coefficient (Wildman–Crippen LogP) is 2.86. The van der Waals surface area contributed by atoms with Crippen LogP contribution in [0.2, 0.25) is 0 Å². The third-order valence-electron chi connectivity index (χ3n) is 2.36. The summed E-state index contributed by atoms with van der Waals surface area (Å²) in [6.45, 7) is 1.89. The smallest absolute Gasteiger partial charge is 0.0705 e. The van der Waals surface area contributed by atoms with E-state index >= 15 is 0 Å². The molecule has 1 unspecified atom stereocenters. The van der Waals surface area contributed by atoms with Crippen molar-refractivity contribution in [2.24, 2.45) is 0 Å². The summed E-state index contributed by atoms with van der Waals surface area (Å²) in [5.41, 5.74) is 1.01. The van der Waals surface area contributed by atoms with E-state index < -0.39 is 0 Å². The molecule has 14 heavy (non-hydrogen) atoms. The standard InChI is InChI=1S/C12H10N2/c1-9(6-13)12-8-14-7-10-4-2-3-5-11(10)12/h2-5,7-9H,1H3. The van der Waals surface area contributed by atoms with E-state index in [1.807, 2.05) is 37.4 Å². The van der Waals surface area contributed by atoms with Crippen LogP contribution in [-0.4, -0.2) is 4.98 Å². The minimum absolute atomic E-state index is 0.103. The molecule has 0 aliphatic carbocycles. The molecule has 2 rings (SSSR count). The Hall–Kier alpha value is -1.88. The summed E-state index contributed by atoms with van der Waals surface area (Å²) < 4.78 is 0. The van der Waals surface area contributed by atoms with E-state index in [2.05, 4.69) is 11.1 Å². The maximum atomic E-state index is 8.87. The van der Waals surface area contributed by atoms with Crippen molar-refractivity contribution in [3.8, 4) is 6.07 Å². The highest BCUT2D eigenvalue weighted by Crippen LogP contribution is 2.23. The van der Waals surface area contributed by atoms with Crippen LogP contribution in [0.15, 0.2) is 36.7 Å². The Bertz CT molecular complexity index is 492. The first-order valence-corrected chi connectivity index (χ1v) is 4.55. The summed E-state index contributed by atoms with van der Waals surface area (Å²) in [7, 11) is 0. The lowest BCUT2D eigenvalue weighted by Gasteiger charge is -2.06. The van der Waals surface area contributed by atoms with Crippen LogP contribution in [0, 0.1) is 11.3 Å². The molecule has 1 heterocycles. The monoisotopic (exact) mass is 182 g/mol. The van der Waals surface area contributed by atoms with Crippen molar-refractivity contribution in [1.82, 2.24) is 4.98 Å². The summed E-state index contributed by atoms with van der Waals surface area (Å²) in [5.74, 6) is -0.103. The van der Waals surface area contributed by atoms with Gasteiger partial charge in [-0.05, 0) is 17.9 Å². The van der Waals surface area contributed by atoms with Crippen LogP contribution in [0.25, 0.3) is 10.8 Å². The van der Waals surface area contributed by atoms with Gasteiger partial charge in [0.1, 0.15) is 0 Å². The van der Waals surface area contributed by atoms with E-state index in [1.54, 1.807) is 6.20 Å². The van der Waals surface area contributed by atoms with Gasteiger partial charge in [0.05, 0.1) is 12.0 Å². The van der Waals surface area contributed by atoms with Crippen molar-refractivity contribution in [1.29, 1.82) is 5.26 Å². The van der Waals surface area contributed by atoms with Crippen molar-refractivity contribution in [2.45, 2.75) is 12.8 Å². The molecule has 68 valence electrons. The largest absolute Gasteiger partial charge is 0.264 e. The molecule has 0 bridgehead atoms. The van der Waals surface area contributed by atoms with Gasteiger partial charge in [-0.1, -0.05) is 24.3 Å². The lowest BCUT2D eigenvalue weighted by molar-refractivity contribution is 0.981. The number of fused-ring (bicyclic) bond motifs is 1. The van der Waals surface area contributed by atoms with E-state index in [9.17, 15) is 0 Å².